The maximum absolute atomic E-state index is 13.0. The van der Waals surface area contributed by atoms with Gasteiger partial charge in [-0.15, -0.1) is 0 Å². The Morgan fingerprint density at radius 1 is 0.447 bits per heavy atom. The maximum atomic E-state index is 13.0. The summed E-state index contributed by atoms with van der Waals surface area (Å²) in [4.78, 5) is 26.0. The second-order valence-corrected chi connectivity index (χ2v) is 15.2. The molecule has 0 bridgehead atoms. The number of rotatable bonds is 30. The van der Waals surface area contributed by atoms with Crippen LogP contribution in [0.2, 0.25) is 0 Å². The first kappa shape index (κ1) is 38.6. The van der Waals surface area contributed by atoms with Gasteiger partial charge in [0, 0.05) is 0 Å². The molecule has 7 heteroatoms. The Morgan fingerprint density at radius 3 is 1.13 bits per heavy atom. The van der Waals surface area contributed by atoms with Crippen LogP contribution < -0.4 is 0 Å². The lowest BCUT2D eigenvalue weighted by Gasteiger charge is -2.26. The van der Waals surface area contributed by atoms with Crippen LogP contribution in [0.5, 0.6) is 0 Å². The zero-order chi connectivity index (χ0) is 33.1. The van der Waals surface area contributed by atoms with Gasteiger partial charge < -0.3 is 23.7 Å². The van der Waals surface area contributed by atoms with E-state index in [-0.39, 0.29) is 24.1 Å². The van der Waals surface area contributed by atoms with Crippen molar-refractivity contribution in [2.45, 2.75) is 217 Å². The van der Waals surface area contributed by atoms with Crippen molar-refractivity contribution in [3.8, 4) is 0 Å². The van der Waals surface area contributed by atoms with E-state index in [2.05, 4.69) is 13.8 Å². The predicted octanol–water partition coefficient (Wildman–Crippen LogP) is 9.80. The first-order valence-corrected chi connectivity index (χ1v) is 20.4. The smallest absolute Gasteiger partial charge is 0.309 e. The van der Waals surface area contributed by atoms with Crippen LogP contribution in [0.25, 0.3) is 0 Å². The van der Waals surface area contributed by atoms with Crippen molar-refractivity contribution in [1.29, 1.82) is 0 Å². The number of esters is 2. The molecule has 0 aromatic rings. The quantitative estimate of drug-likeness (QED) is 0.0430. The Kier molecular flexibility index (Phi) is 18.5. The zero-order valence-corrected chi connectivity index (χ0v) is 30.3. The Hall–Kier alpha value is -1.18. The van der Waals surface area contributed by atoms with Gasteiger partial charge in [0.1, 0.15) is 0 Å². The molecule has 4 aliphatic rings. The van der Waals surface area contributed by atoms with Crippen molar-refractivity contribution in [2.75, 3.05) is 13.2 Å². The van der Waals surface area contributed by atoms with Crippen LogP contribution in [0.15, 0.2) is 0 Å². The summed E-state index contributed by atoms with van der Waals surface area (Å²) in [5.74, 6) is -1.36. The summed E-state index contributed by atoms with van der Waals surface area (Å²) >= 11 is 0. The second kappa shape index (κ2) is 22.5. The molecule has 3 aliphatic heterocycles. The zero-order valence-electron chi connectivity index (χ0n) is 30.3. The van der Waals surface area contributed by atoms with Crippen molar-refractivity contribution in [2.24, 2.45) is 11.8 Å². The minimum Gasteiger partial charge on any atom is -0.465 e. The highest BCUT2D eigenvalue weighted by atomic mass is 16.6. The number of hydrogen-bond donors (Lipinski definition) is 0. The predicted molar refractivity (Wildman–Crippen MR) is 186 cm³/mol. The van der Waals surface area contributed by atoms with Crippen molar-refractivity contribution in [3.05, 3.63) is 0 Å². The van der Waals surface area contributed by atoms with Crippen LogP contribution in [-0.2, 0) is 33.3 Å². The summed E-state index contributed by atoms with van der Waals surface area (Å²) in [6.07, 6.45) is 32.8. The third-order valence-electron chi connectivity index (χ3n) is 11.1. The molecule has 3 heterocycles. The monoisotopic (exact) mass is 663 g/mol. The first-order valence-electron chi connectivity index (χ1n) is 20.4. The number of fused-ring (bicyclic) bond motifs is 1. The molecule has 1 saturated carbocycles. The van der Waals surface area contributed by atoms with Gasteiger partial charge in [-0.05, 0) is 51.4 Å². The Labute approximate surface area is 287 Å². The van der Waals surface area contributed by atoms with Crippen molar-refractivity contribution < 1.29 is 33.3 Å². The van der Waals surface area contributed by atoms with Gasteiger partial charge in [0.15, 0.2) is 0 Å². The maximum Gasteiger partial charge on any atom is 0.309 e. The van der Waals surface area contributed by atoms with E-state index in [1.165, 1.54) is 116 Å². The second-order valence-electron chi connectivity index (χ2n) is 15.2. The average Bonchev–Trinajstić information content (AvgIpc) is 3.99. The van der Waals surface area contributed by atoms with Gasteiger partial charge in [-0.25, -0.2) is 0 Å². The molecule has 0 spiro atoms. The van der Waals surface area contributed by atoms with Gasteiger partial charge in [0.2, 0.25) is 0 Å². The summed E-state index contributed by atoms with van der Waals surface area (Å²) in [6, 6.07) is 0. The number of hydrogen-bond acceptors (Lipinski definition) is 7. The SMILES string of the molecule is CCCCCCCC1OC1CCCCCCCOC(=O)C1CC2OC2CC1C(=O)OCCCCCCCC1OC1CCCCCCC. The van der Waals surface area contributed by atoms with Crippen LogP contribution >= 0.6 is 0 Å². The summed E-state index contributed by atoms with van der Waals surface area (Å²) in [5.41, 5.74) is 0. The largest absolute Gasteiger partial charge is 0.465 e. The van der Waals surface area contributed by atoms with E-state index in [9.17, 15) is 9.59 Å². The lowest BCUT2D eigenvalue weighted by Crippen LogP contribution is -2.37. The lowest BCUT2D eigenvalue weighted by atomic mass is 9.79. The van der Waals surface area contributed by atoms with E-state index in [1.807, 2.05) is 0 Å². The summed E-state index contributed by atoms with van der Waals surface area (Å²) < 4.78 is 28.7. The number of unbranched alkanes of at least 4 members (excludes halogenated alkanes) is 16. The van der Waals surface area contributed by atoms with Crippen LogP contribution in [0, 0.1) is 11.8 Å². The average molecular weight is 663 g/mol. The molecule has 0 aromatic heterocycles. The molecule has 47 heavy (non-hydrogen) atoms. The molecule has 4 rings (SSSR count). The van der Waals surface area contributed by atoms with E-state index >= 15 is 0 Å². The molecular formula is C40H70O7. The van der Waals surface area contributed by atoms with Gasteiger partial charge >= 0.3 is 11.9 Å². The molecule has 0 amide bonds. The molecule has 0 aromatic carbocycles. The number of carbonyl (C=O) groups is 2. The van der Waals surface area contributed by atoms with Gasteiger partial charge in [-0.2, -0.15) is 0 Å². The summed E-state index contributed by atoms with van der Waals surface area (Å²) in [6.45, 7) is 5.39. The molecule has 0 N–H and O–H groups in total. The fourth-order valence-corrected chi connectivity index (χ4v) is 7.73. The highest BCUT2D eigenvalue weighted by Crippen LogP contribution is 2.44. The Balaban J connectivity index is 0.949. The minimum absolute atomic E-state index is 0.106. The fourth-order valence-electron chi connectivity index (χ4n) is 7.73. The molecule has 4 fully saturated rings. The van der Waals surface area contributed by atoms with Crippen LogP contribution in [0.4, 0.5) is 0 Å². The van der Waals surface area contributed by atoms with Gasteiger partial charge in [0.05, 0.1) is 61.7 Å². The van der Waals surface area contributed by atoms with Gasteiger partial charge in [0.25, 0.3) is 0 Å². The van der Waals surface area contributed by atoms with Crippen molar-refractivity contribution in [1.82, 2.24) is 0 Å². The van der Waals surface area contributed by atoms with Gasteiger partial charge in [-0.3, -0.25) is 9.59 Å². The topological polar surface area (TPSA) is 90.2 Å². The van der Waals surface area contributed by atoms with E-state index in [1.54, 1.807) is 0 Å². The van der Waals surface area contributed by atoms with Crippen LogP contribution in [0.1, 0.15) is 181 Å². The molecule has 7 nitrogen and oxygen atoms in total. The van der Waals surface area contributed by atoms with E-state index < -0.39 is 11.8 Å². The summed E-state index contributed by atoms with van der Waals surface area (Å²) in [7, 11) is 0. The standard InChI is InChI=1S/C40H70O7/c1-3-5-7-11-17-23-33-35(45-33)25-19-13-9-15-21-27-43-39(41)31-29-37-38(47-37)30-32(31)40(42)44-28-22-16-10-14-20-26-36-34(46-36)24-18-12-8-6-4-2/h31-38H,3-30H2,1-2H3. The van der Waals surface area contributed by atoms with E-state index in [0.29, 0.717) is 50.5 Å². The van der Waals surface area contributed by atoms with Crippen LogP contribution in [0.3, 0.4) is 0 Å². The Bertz CT molecular complexity index is 796. The van der Waals surface area contributed by atoms with Crippen molar-refractivity contribution >= 4 is 11.9 Å². The summed E-state index contributed by atoms with van der Waals surface area (Å²) in [5, 5.41) is 0. The fraction of sp³-hybridized carbons (Fsp3) is 0.950. The molecule has 3 saturated heterocycles. The van der Waals surface area contributed by atoms with E-state index in [4.69, 9.17) is 23.7 Å². The number of ether oxygens (including phenoxy) is 5. The molecular weight excluding hydrogens is 592 g/mol. The minimum atomic E-state index is -0.436. The van der Waals surface area contributed by atoms with Crippen LogP contribution in [-0.4, -0.2) is 61.8 Å². The third kappa shape index (κ3) is 15.5. The molecule has 8 atom stereocenters. The molecule has 272 valence electrons. The van der Waals surface area contributed by atoms with E-state index in [0.717, 1.165) is 38.5 Å². The molecule has 8 unspecified atom stereocenters. The number of carbonyl (C=O) groups excluding carboxylic acids is 2. The molecule has 1 aliphatic carbocycles. The number of epoxide rings is 3. The Morgan fingerprint density at radius 2 is 0.766 bits per heavy atom. The van der Waals surface area contributed by atoms with Crippen molar-refractivity contribution in [3.63, 3.8) is 0 Å². The third-order valence-corrected chi connectivity index (χ3v) is 11.1. The lowest BCUT2D eigenvalue weighted by molar-refractivity contribution is -0.162. The normalized spacial score (nSPS) is 28.9. The highest BCUT2D eigenvalue weighted by molar-refractivity contribution is 5.82. The molecule has 0 radical (unpaired) electrons. The first-order chi connectivity index (χ1) is 23.1. The van der Waals surface area contributed by atoms with Gasteiger partial charge in [-0.1, -0.05) is 129 Å². The highest BCUT2D eigenvalue weighted by Gasteiger charge is 2.53.